The third-order valence-electron chi connectivity index (χ3n) is 4.03. The molecule has 30 heavy (non-hydrogen) atoms. The van der Waals surface area contributed by atoms with Gasteiger partial charge in [-0.15, -0.1) is 24.0 Å². The molecule has 0 saturated carbocycles. The van der Waals surface area contributed by atoms with Crippen LogP contribution >= 0.6 is 24.0 Å². The van der Waals surface area contributed by atoms with E-state index < -0.39 is 0 Å². The van der Waals surface area contributed by atoms with Gasteiger partial charge in [-0.1, -0.05) is 0 Å². The van der Waals surface area contributed by atoms with Crippen LogP contribution in [0.4, 0.5) is 0 Å². The number of pyridine rings is 1. The van der Waals surface area contributed by atoms with E-state index in [9.17, 15) is 4.79 Å². The fraction of sp³-hybridized carbons (Fsp3) is 0.350. The van der Waals surface area contributed by atoms with Crippen LogP contribution in [-0.4, -0.2) is 58.3 Å². The minimum atomic E-state index is -0.166. The number of amides is 1. The van der Waals surface area contributed by atoms with Gasteiger partial charge in [-0.25, -0.2) is 0 Å². The van der Waals surface area contributed by atoms with E-state index in [1.54, 1.807) is 46.7 Å². The second-order valence-corrected chi connectivity index (χ2v) is 5.88. The molecule has 1 aromatic heterocycles. The summed E-state index contributed by atoms with van der Waals surface area (Å²) in [5.74, 6) is 2.16. The maximum atomic E-state index is 12.0. The highest BCUT2D eigenvalue weighted by Crippen LogP contribution is 2.38. The van der Waals surface area contributed by atoms with Crippen LogP contribution < -0.4 is 30.2 Å². The average molecular weight is 529 g/mol. The van der Waals surface area contributed by atoms with Crippen LogP contribution in [-0.2, 0) is 6.54 Å². The predicted octanol–water partition coefficient (Wildman–Crippen LogP) is 1.82. The lowest BCUT2D eigenvalue weighted by molar-refractivity contribution is 0.0954. The summed E-state index contributed by atoms with van der Waals surface area (Å²) in [6.45, 7) is 1.46. The Bertz CT molecular complexity index is 808. The Morgan fingerprint density at radius 2 is 1.70 bits per heavy atom. The third-order valence-corrected chi connectivity index (χ3v) is 4.03. The number of carbonyl (C=O) groups excluding carboxylic acids is 1. The second-order valence-electron chi connectivity index (χ2n) is 5.88. The fourth-order valence-corrected chi connectivity index (χ4v) is 2.60. The van der Waals surface area contributed by atoms with Crippen molar-refractivity contribution in [1.82, 2.24) is 20.9 Å². The second kappa shape index (κ2) is 13.5. The molecule has 0 aliphatic carbocycles. The average Bonchev–Trinajstić information content (AvgIpc) is 2.78. The molecule has 0 aliphatic rings. The first-order valence-corrected chi connectivity index (χ1v) is 9.04. The number of guanidine groups is 1. The third kappa shape index (κ3) is 7.25. The summed E-state index contributed by atoms with van der Waals surface area (Å²) in [7, 11) is 6.40. The molecule has 164 valence electrons. The molecule has 3 N–H and O–H groups in total. The van der Waals surface area contributed by atoms with Crippen molar-refractivity contribution in [3.05, 3.63) is 47.8 Å². The lowest BCUT2D eigenvalue weighted by Gasteiger charge is -2.16. The van der Waals surface area contributed by atoms with Crippen molar-refractivity contribution in [2.75, 3.05) is 41.5 Å². The van der Waals surface area contributed by atoms with E-state index in [2.05, 4.69) is 25.9 Å². The number of aliphatic imine (C=N–C) groups is 1. The zero-order valence-corrected chi connectivity index (χ0v) is 19.9. The predicted molar refractivity (Wildman–Crippen MR) is 126 cm³/mol. The number of hydrogen-bond acceptors (Lipinski definition) is 6. The molecular weight excluding hydrogens is 501 g/mol. The molecule has 0 bridgehead atoms. The Hall–Kier alpha value is -2.76. The highest BCUT2D eigenvalue weighted by atomic mass is 127. The standard InChI is InChI=1S/C20H27N5O4.HI/c1-21-20(24-9-8-23-19(26)15-6-5-7-22-13-15)25-12-14-10-16(27-2)18(29-4)17(11-14)28-3;/h5-7,10-11,13H,8-9,12H2,1-4H3,(H,23,26)(H2,21,24,25);1H. The van der Waals surface area contributed by atoms with Gasteiger partial charge in [0, 0.05) is 39.1 Å². The first-order valence-electron chi connectivity index (χ1n) is 9.04. The number of ether oxygens (including phenoxy) is 3. The van der Waals surface area contributed by atoms with Gasteiger partial charge in [0.2, 0.25) is 5.75 Å². The zero-order chi connectivity index (χ0) is 21.1. The lowest BCUT2D eigenvalue weighted by atomic mass is 10.2. The van der Waals surface area contributed by atoms with E-state index in [0.29, 0.717) is 48.4 Å². The first kappa shape index (κ1) is 25.3. The van der Waals surface area contributed by atoms with Crippen molar-refractivity contribution in [2.24, 2.45) is 4.99 Å². The van der Waals surface area contributed by atoms with Crippen molar-refractivity contribution in [1.29, 1.82) is 0 Å². The topological polar surface area (TPSA) is 106 Å². The molecule has 1 amide bonds. The molecule has 0 atom stereocenters. The zero-order valence-electron chi connectivity index (χ0n) is 17.5. The molecule has 1 heterocycles. The maximum absolute atomic E-state index is 12.0. The summed E-state index contributed by atoms with van der Waals surface area (Å²) < 4.78 is 16.1. The number of halogens is 1. The number of benzene rings is 1. The number of rotatable bonds is 9. The van der Waals surface area contributed by atoms with Crippen LogP contribution in [0.25, 0.3) is 0 Å². The summed E-state index contributed by atoms with van der Waals surface area (Å²) in [6, 6.07) is 7.18. The highest BCUT2D eigenvalue weighted by molar-refractivity contribution is 14.0. The summed E-state index contributed by atoms with van der Waals surface area (Å²) >= 11 is 0. The Morgan fingerprint density at radius 3 is 2.23 bits per heavy atom. The molecular formula is C20H28IN5O4. The van der Waals surface area contributed by atoms with Gasteiger partial charge in [0.25, 0.3) is 5.91 Å². The van der Waals surface area contributed by atoms with Crippen molar-refractivity contribution >= 4 is 35.8 Å². The number of aromatic nitrogens is 1. The summed E-state index contributed by atoms with van der Waals surface area (Å²) in [6.07, 6.45) is 3.16. The number of nitrogens with one attached hydrogen (secondary N) is 3. The van der Waals surface area contributed by atoms with Gasteiger partial charge in [-0.05, 0) is 29.8 Å². The van der Waals surface area contributed by atoms with E-state index in [0.717, 1.165) is 5.56 Å². The highest BCUT2D eigenvalue weighted by Gasteiger charge is 2.13. The van der Waals surface area contributed by atoms with Crippen LogP contribution in [0.2, 0.25) is 0 Å². The minimum Gasteiger partial charge on any atom is -0.493 e. The van der Waals surface area contributed by atoms with E-state index in [1.165, 1.54) is 6.20 Å². The van der Waals surface area contributed by atoms with E-state index in [1.807, 2.05) is 12.1 Å². The smallest absolute Gasteiger partial charge is 0.252 e. The SMILES string of the molecule is CN=C(NCCNC(=O)c1cccnc1)NCc1cc(OC)c(OC)c(OC)c1.I. The van der Waals surface area contributed by atoms with Crippen molar-refractivity contribution in [3.63, 3.8) is 0 Å². The summed E-state index contributed by atoms with van der Waals surface area (Å²) in [4.78, 5) is 20.1. The Morgan fingerprint density at radius 1 is 1.03 bits per heavy atom. The van der Waals surface area contributed by atoms with Gasteiger partial charge < -0.3 is 30.2 Å². The molecule has 0 aliphatic heterocycles. The molecule has 10 heteroatoms. The van der Waals surface area contributed by atoms with E-state index in [4.69, 9.17) is 14.2 Å². The van der Waals surface area contributed by atoms with Crippen LogP contribution in [0.5, 0.6) is 17.2 Å². The Balaban J connectivity index is 0.00000450. The molecule has 2 rings (SSSR count). The molecule has 2 aromatic rings. The Kier molecular flexibility index (Phi) is 11.3. The molecule has 9 nitrogen and oxygen atoms in total. The quantitative estimate of drug-likeness (QED) is 0.197. The molecule has 0 unspecified atom stereocenters. The van der Waals surface area contributed by atoms with Gasteiger partial charge >= 0.3 is 0 Å². The van der Waals surface area contributed by atoms with Crippen LogP contribution in [0, 0.1) is 0 Å². The van der Waals surface area contributed by atoms with Crippen molar-refractivity contribution in [3.8, 4) is 17.2 Å². The normalized spacial score (nSPS) is 10.5. The largest absolute Gasteiger partial charge is 0.493 e. The van der Waals surface area contributed by atoms with Gasteiger partial charge in [-0.3, -0.25) is 14.8 Å². The monoisotopic (exact) mass is 529 g/mol. The Labute approximate surface area is 193 Å². The van der Waals surface area contributed by atoms with Crippen molar-refractivity contribution < 1.29 is 19.0 Å². The fourth-order valence-electron chi connectivity index (χ4n) is 2.60. The van der Waals surface area contributed by atoms with Crippen molar-refractivity contribution in [2.45, 2.75) is 6.54 Å². The molecule has 0 spiro atoms. The maximum Gasteiger partial charge on any atom is 0.252 e. The molecule has 1 aromatic carbocycles. The number of carbonyl (C=O) groups is 1. The number of methoxy groups -OCH3 is 3. The van der Waals surface area contributed by atoms with Crippen LogP contribution in [0.15, 0.2) is 41.7 Å². The lowest BCUT2D eigenvalue weighted by Crippen LogP contribution is -2.41. The van der Waals surface area contributed by atoms with Gasteiger partial charge in [0.05, 0.1) is 26.9 Å². The number of hydrogen-bond donors (Lipinski definition) is 3. The first-order chi connectivity index (χ1) is 14.1. The number of nitrogens with zero attached hydrogens (tertiary/aromatic N) is 2. The van der Waals surface area contributed by atoms with Crippen LogP contribution in [0.1, 0.15) is 15.9 Å². The molecule has 0 fully saturated rings. The minimum absolute atomic E-state index is 0. The van der Waals surface area contributed by atoms with E-state index in [-0.39, 0.29) is 29.9 Å². The van der Waals surface area contributed by atoms with Crippen LogP contribution in [0.3, 0.4) is 0 Å². The van der Waals surface area contributed by atoms with Gasteiger partial charge in [0.1, 0.15) is 0 Å². The summed E-state index contributed by atoms with van der Waals surface area (Å²) in [5.41, 5.74) is 1.46. The summed E-state index contributed by atoms with van der Waals surface area (Å²) in [5, 5.41) is 9.18. The molecule has 0 saturated heterocycles. The van der Waals surface area contributed by atoms with E-state index >= 15 is 0 Å². The van der Waals surface area contributed by atoms with Gasteiger partial charge in [0.15, 0.2) is 17.5 Å². The van der Waals surface area contributed by atoms with Gasteiger partial charge in [-0.2, -0.15) is 0 Å². The molecule has 0 radical (unpaired) electrons.